The molecule has 0 aromatic heterocycles. The molecule has 0 spiro atoms. The molecule has 1 fully saturated rings. The van der Waals surface area contributed by atoms with Crippen LogP contribution in [0.4, 0.5) is 0 Å². The average molecular weight is 286 g/mol. The van der Waals surface area contributed by atoms with Gasteiger partial charge in [-0.2, -0.15) is 0 Å². The topological polar surface area (TPSA) is 29.1 Å². The van der Waals surface area contributed by atoms with E-state index in [9.17, 15) is 4.21 Å². The van der Waals surface area contributed by atoms with Gasteiger partial charge in [0.2, 0.25) is 0 Å². The van der Waals surface area contributed by atoms with E-state index >= 15 is 0 Å². The fourth-order valence-electron chi connectivity index (χ4n) is 2.57. The third-order valence-corrected chi connectivity index (χ3v) is 5.49. The van der Waals surface area contributed by atoms with Gasteiger partial charge in [0.05, 0.1) is 10.8 Å². The molecule has 1 aliphatic rings. The molecule has 3 unspecified atom stereocenters. The van der Waals surface area contributed by atoms with E-state index in [1.54, 1.807) is 0 Å². The fourth-order valence-corrected chi connectivity index (χ4v) is 4.28. The maximum Gasteiger partial charge on any atom is 0.0561 e. The first-order valence-corrected chi connectivity index (χ1v) is 8.19. The van der Waals surface area contributed by atoms with Gasteiger partial charge in [0.1, 0.15) is 0 Å². The highest BCUT2D eigenvalue weighted by atomic mass is 35.5. The Morgan fingerprint density at radius 3 is 2.72 bits per heavy atom. The summed E-state index contributed by atoms with van der Waals surface area (Å²) in [5.41, 5.74) is 0. The van der Waals surface area contributed by atoms with Crippen LogP contribution in [0.15, 0.2) is 29.2 Å². The maximum atomic E-state index is 12.5. The minimum atomic E-state index is -0.901. The first-order valence-electron chi connectivity index (χ1n) is 6.60. The molecule has 0 bridgehead atoms. The van der Waals surface area contributed by atoms with Gasteiger partial charge in [-0.05, 0) is 50.1 Å². The lowest BCUT2D eigenvalue weighted by atomic mass is 9.95. The Kier molecular flexibility index (Phi) is 5.22. The largest absolute Gasteiger partial charge is 0.314 e. The van der Waals surface area contributed by atoms with Gasteiger partial charge in [0.25, 0.3) is 0 Å². The van der Waals surface area contributed by atoms with E-state index in [0.717, 1.165) is 24.3 Å². The van der Waals surface area contributed by atoms with Crippen LogP contribution in [0.2, 0.25) is 5.02 Å². The zero-order valence-corrected chi connectivity index (χ0v) is 12.3. The van der Waals surface area contributed by atoms with Crippen LogP contribution in [-0.4, -0.2) is 22.0 Å². The van der Waals surface area contributed by atoms with Crippen LogP contribution in [0.1, 0.15) is 32.6 Å². The molecule has 1 aromatic carbocycles. The quantitative estimate of drug-likeness (QED) is 0.919. The van der Waals surface area contributed by atoms with Gasteiger partial charge in [-0.15, -0.1) is 0 Å². The lowest BCUT2D eigenvalue weighted by molar-refractivity contribution is 0.383. The molecule has 18 heavy (non-hydrogen) atoms. The van der Waals surface area contributed by atoms with E-state index < -0.39 is 10.8 Å². The van der Waals surface area contributed by atoms with Crippen LogP contribution in [-0.2, 0) is 10.8 Å². The molecule has 2 rings (SSSR count). The molecular formula is C14H20ClNOS. The number of hydrogen-bond donors (Lipinski definition) is 1. The molecule has 0 saturated heterocycles. The Hall–Kier alpha value is -0.380. The summed E-state index contributed by atoms with van der Waals surface area (Å²) in [6, 6.07) is 7.94. The molecular weight excluding hydrogens is 266 g/mol. The Balaban J connectivity index is 2.02. The van der Waals surface area contributed by atoms with Crippen molar-refractivity contribution in [3.05, 3.63) is 29.3 Å². The van der Waals surface area contributed by atoms with E-state index in [1.165, 1.54) is 12.8 Å². The lowest BCUT2D eigenvalue weighted by Crippen LogP contribution is -2.37. The van der Waals surface area contributed by atoms with Crippen molar-refractivity contribution in [3.8, 4) is 0 Å². The Bertz CT molecular complexity index is 405. The first kappa shape index (κ1) is 14.0. The summed E-state index contributed by atoms with van der Waals surface area (Å²) in [6.45, 7) is 3.12. The molecule has 1 aromatic rings. The summed E-state index contributed by atoms with van der Waals surface area (Å²) in [6.07, 6.45) is 4.46. The average Bonchev–Trinajstić information content (AvgIpc) is 2.39. The molecule has 2 nitrogen and oxygen atoms in total. The van der Waals surface area contributed by atoms with Crippen LogP contribution in [0.5, 0.6) is 0 Å². The van der Waals surface area contributed by atoms with Crippen LogP contribution in [0.3, 0.4) is 0 Å². The van der Waals surface area contributed by atoms with Gasteiger partial charge in [-0.25, -0.2) is 0 Å². The third-order valence-electron chi connectivity index (χ3n) is 3.47. The molecule has 0 aliphatic heterocycles. The van der Waals surface area contributed by atoms with Crippen molar-refractivity contribution in [2.45, 2.75) is 48.8 Å². The highest BCUT2D eigenvalue weighted by Gasteiger charge is 2.26. The summed E-state index contributed by atoms with van der Waals surface area (Å²) >= 11 is 5.86. The van der Waals surface area contributed by atoms with Crippen LogP contribution < -0.4 is 5.32 Å². The van der Waals surface area contributed by atoms with Crippen LogP contribution in [0.25, 0.3) is 0 Å². The first-order chi connectivity index (χ1) is 8.70. The number of hydrogen-bond acceptors (Lipinski definition) is 2. The van der Waals surface area contributed by atoms with Crippen LogP contribution >= 0.6 is 11.6 Å². The van der Waals surface area contributed by atoms with E-state index in [-0.39, 0.29) is 5.25 Å². The van der Waals surface area contributed by atoms with E-state index in [1.807, 2.05) is 24.3 Å². The smallest absolute Gasteiger partial charge is 0.0561 e. The summed E-state index contributed by atoms with van der Waals surface area (Å²) < 4.78 is 12.5. The SMILES string of the molecule is CCNC1CCCC(S(=O)c2ccc(Cl)cc2)C1. The predicted octanol–water partition coefficient (Wildman–Crippen LogP) is 3.37. The number of rotatable bonds is 4. The maximum absolute atomic E-state index is 12.5. The van der Waals surface area contributed by atoms with E-state index in [2.05, 4.69) is 12.2 Å². The van der Waals surface area contributed by atoms with E-state index in [4.69, 9.17) is 11.6 Å². The van der Waals surface area contributed by atoms with Crippen molar-refractivity contribution in [3.63, 3.8) is 0 Å². The summed E-state index contributed by atoms with van der Waals surface area (Å²) in [5, 5.41) is 4.45. The highest BCUT2D eigenvalue weighted by molar-refractivity contribution is 7.85. The van der Waals surface area contributed by atoms with Gasteiger partial charge in [-0.3, -0.25) is 4.21 Å². The van der Waals surface area contributed by atoms with Crippen molar-refractivity contribution in [2.75, 3.05) is 6.54 Å². The lowest BCUT2D eigenvalue weighted by Gasteiger charge is -2.29. The van der Waals surface area contributed by atoms with Gasteiger partial charge >= 0.3 is 0 Å². The molecule has 0 heterocycles. The molecule has 1 aliphatic carbocycles. The molecule has 4 heteroatoms. The second kappa shape index (κ2) is 6.69. The molecule has 0 amide bonds. The second-order valence-electron chi connectivity index (χ2n) is 4.79. The number of halogens is 1. The minimum Gasteiger partial charge on any atom is -0.314 e. The minimum absolute atomic E-state index is 0.281. The zero-order valence-electron chi connectivity index (χ0n) is 10.7. The summed E-state index contributed by atoms with van der Waals surface area (Å²) in [5.74, 6) is 0. The molecule has 1 N–H and O–H groups in total. The van der Waals surface area contributed by atoms with Gasteiger partial charge < -0.3 is 5.32 Å². The van der Waals surface area contributed by atoms with Crippen molar-refractivity contribution in [1.82, 2.24) is 5.32 Å². The Morgan fingerprint density at radius 2 is 2.06 bits per heavy atom. The fraction of sp³-hybridized carbons (Fsp3) is 0.571. The second-order valence-corrected chi connectivity index (χ2v) is 6.96. The van der Waals surface area contributed by atoms with Crippen molar-refractivity contribution < 1.29 is 4.21 Å². The molecule has 0 radical (unpaired) electrons. The summed E-state index contributed by atoms with van der Waals surface area (Å²) in [7, 11) is -0.901. The van der Waals surface area contributed by atoms with Crippen LogP contribution in [0, 0.1) is 0 Å². The Labute approximate surface area is 117 Å². The molecule has 3 atom stereocenters. The number of nitrogens with one attached hydrogen (secondary N) is 1. The normalized spacial score (nSPS) is 25.9. The monoisotopic (exact) mass is 285 g/mol. The van der Waals surface area contributed by atoms with E-state index in [0.29, 0.717) is 11.1 Å². The van der Waals surface area contributed by atoms with Crippen molar-refractivity contribution in [2.24, 2.45) is 0 Å². The number of benzene rings is 1. The van der Waals surface area contributed by atoms with Crippen molar-refractivity contribution >= 4 is 22.4 Å². The predicted molar refractivity (Wildman–Crippen MR) is 77.6 cm³/mol. The van der Waals surface area contributed by atoms with Gasteiger partial charge in [0, 0.05) is 21.2 Å². The van der Waals surface area contributed by atoms with Crippen molar-refractivity contribution in [1.29, 1.82) is 0 Å². The third kappa shape index (κ3) is 3.56. The summed E-state index contributed by atoms with van der Waals surface area (Å²) in [4.78, 5) is 0.904. The highest BCUT2D eigenvalue weighted by Crippen LogP contribution is 2.26. The molecule has 100 valence electrons. The van der Waals surface area contributed by atoms with Gasteiger partial charge in [-0.1, -0.05) is 24.9 Å². The zero-order chi connectivity index (χ0) is 13.0. The van der Waals surface area contributed by atoms with Gasteiger partial charge in [0.15, 0.2) is 0 Å². The Morgan fingerprint density at radius 1 is 1.33 bits per heavy atom. The molecule has 1 saturated carbocycles. The standard InChI is InChI=1S/C14H20ClNOS/c1-2-16-12-4-3-5-14(10-12)18(17)13-8-6-11(15)7-9-13/h6-9,12,14,16H,2-5,10H2,1H3.